The van der Waals surface area contributed by atoms with Gasteiger partial charge in [0.05, 0.1) is 0 Å². The molecule has 0 heterocycles. The Morgan fingerprint density at radius 2 is 2.11 bits per heavy atom. The first-order valence-electron chi connectivity index (χ1n) is 5.55. The number of phenolic OH excluding ortho intramolecular Hbond substituents is 1. The van der Waals surface area contributed by atoms with Gasteiger partial charge in [0.1, 0.15) is 5.75 Å². The quantitative estimate of drug-likeness (QED) is 0.858. The van der Waals surface area contributed by atoms with E-state index in [1.165, 1.54) is 13.2 Å². The molecular weight excluding hydrogens is 232 g/mol. The van der Waals surface area contributed by atoms with Gasteiger partial charge in [0, 0.05) is 19.1 Å². The van der Waals surface area contributed by atoms with Gasteiger partial charge in [-0.1, -0.05) is 30.4 Å². The number of carbonyl (C=O) groups is 1. The Labute approximate surface area is 105 Å². The summed E-state index contributed by atoms with van der Waals surface area (Å²) >= 11 is 0. The Bertz CT molecular complexity index is 530. The predicted molar refractivity (Wildman–Crippen MR) is 67.2 cm³/mol. The molecule has 1 unspecified atom stereocenters. The van der Waals surface area contributed by atoms with Gasteiger partial charge in [0.25, 0.3) is 0 Å². The van der Waals surface area contributed by atoms with Crippen LogP contribution in [0.2, 0.25) is 0 Å². The van der Waals surface area contributed by atoms with Crippen molar-refractivity contribution in [1.29, 1.82) is 0 Å². The smallest absolute Gasteiger partial charge is 0.340 e. The maximum atomic E-state index is 11.2. The van der Waals surface area contributed by atoms with Crippen LogP contribution in [-0.4, -0.2) is 28.9 Å². The molecule has 0 radical (unpaired) electrons. The molecule has 2 rings (SSSR count). The summed E-state index contributed by atoms with van der Waals surface area (Å²) in [5.41, 5.74) is 0.180. The third kappa shape index (κ3) is 2.02. The number of carboxylic acids is 1. The van der Waals surface area contributed by atoms with Crippen LogP contribution in [0.5, 0.6) is 5.75 Å². The molecule has 1 aliphatic rings. The van der Waals surface area contributed by atoms with Gasteiger partial charge < -0.3 is 14.9 Å². The van der Waals surface area contributed by atoms with E-state index in [-0.39, 0.29) is 12.2 Å². The van der Waals surface area contributed by atoms with E-state index >= 15 is 0 Å². The fourth-order valence-electron chi connectivity index (χ4n) is 1.94. The van der Waals surface area contributed by atoms with Crippen molar-refractivity contribution in [1.82, 2.24) is 0 Å². The lowest BCUT2D eigenvalue weighted by Gasteiger charge is -2.26. The van der Waals surface area contributed by atoms with Crippen molar-refractivity contribution in [3.8, 4) is 5.75 Å². The molecule has 0 saturated carbocycles. The molecule has 0 amide bonds. The van der Waals surface area contributed by atoms with Gasteiger partial charge in [-0.15, -0.1) is 0 Å². The lowest BCUT2D eigenvalue weighted by Crippen LogP contribution is -2.39. The highest BCUT2D eigenvalue weighted by Crippen LogP contribution is 2.32. The number of ether oxygens (including phenoxy) is 1. The molecule has 0 spiro atoms. The number of hydrogen-bond donors (Lipinski definition) is 2. The van der Waals surface area contributed by atoms with E-state index in [1.807, 2.05) is 6.07 Å². The minimum atomic E-state index is -1.30. The fraction of sp³-hybridized carbons (Fsp3) is 0.214. The van der Waals surface area contributed by atoms with E-state index in [1.54, 1.807) is 30.4 Å². The number of methoxy groups -OCH3 is 1. The fourth-order valence-corrected chi connectivity index (χ4v) is 1.94. The van der Waals surface area contributed by atoms with Crippen molar-refractivity contribution in [2.75, 3.05) is 7.11 Å². The molecule has 4 nitrogen and oxygen atoms in total. The molecule has 1 atom stereocenters. The number of para-hydroxylation sites is 1. The van der Waals surface area contributed by atoms with Gasteiger partial charge in [-0.05, 0) is 17.7 Å². The summed E-state index contributed by atoms with van der Waals surface area (Å²) in [6.45, 7) is 0. The average molecular weight is 246 g/mol. The van der Waals surface area contributed by atoms with Crippen LogP contribution in [-0.2, 0) is 9.53 Å². The molecule has 18 heavy (non-hydrogen) atoms. The Balaban J connectivity index is 2.31. The minimum Gasteiger partial charge on any atom is -0.507 e. The normalized spacial score (nSPS) is 22.6. The second-order valence-corrected chi connectivity index (χ2v) is 4.11. The van der Waals surface area contributed by atoms with Crippen LogP contribution in [0.15, 0.2) is 42.5 Å². The van der Waals surface area contributed by atoms with E-state index in [9.17, 15) is 9.90 Å². The van der Waals surface area contributed by atoms with Crippen molar-refractivity contribution in [3.63, 3.8) is 0 Å². The molecule has 1 aromatic carbocycles. The van der Waals surface area contributed by atoms with Crippen LogP contribution in [0.3, 0.4) is 0 Å². The van der Waals surface area contributed by atoms with E-state index < -0.39 is 11.6 Å². The van der Waals surface area contributed by atoms with Crippen molar-refractivity contribution >= 4 is 11.5 Å². The van der Waals surface area contributed by atoms with E-state index in [0.717, 1.165) is 5.57 Å². The van der Waals surface area contributed by atoms with Gasteiger partial charge in [0.2, 0.25) is 0 Å². The lowest BCUT2D eigenvalue weighted by atomic mass is 9.89. The summed E-state index contributed by atoms with van der Waals surface area (Å²) in [7, 11) is 1.37. The zero-order valence-corrected chi connectivity index (χ0v) is 9.96. The highest BCUT2D eigenvalue weighted by molar-refractivity contribution is 5.86. The molecule has 0 saturated heterocycles. The summed E-state index contributed by atoms with van der Waals surface area (Å²) in [6.07, 6.45) is 5.17. The maximum absolute atomic E-state index is 11.2. The summed E-state index contributed by atoms with van der Waals surface area (Å²) < 4.78 is 5.06. The van der Waals surface area contributed by atoms with Crippen LogP contribution in [0, 0.1) is 0 Å². The van der Waals surface area contributed by atoms with Crippen LogP contribution in [0.4, 0.5) is 0 Å². The molecule has 1 aromatic rings. The van der Waals surface area contributed by atoms with Crippen molar-refractivity contribution in [2.24, 2.45) is 0 Å². The topological polar surface area (TPSA) is 66.8 Å². The number of benzene rings is 1. The monoisotopic (exact) mass is 246 g/mol. The summed E-state index contributed by atoms with van der Waals surface area (Å²) in [5.74, 6) is -0.845. The standard InChI is InChI=1S/C14H14O4/c1-18-14(13(16)17)8-6-10(7-9-14)11-4-2-3-5-12(11)15/h2-8,15H,9H2,1H3,(H,16,17). The van der Waals surface area contributed by atoms with E-state index in [0.29, 0.717) is 5.56 Å². The first-order valence-corrected chi connectivity index (χ1v) is 5.55. The second kappa shape index (κ2) is 4.66. The number of aliphatic carboxylic acids is 1. The maximum Gasteiger partial charge on any atom is 0.340 e. The Morgan fingerprint density at radius 3 is 2.61 bits per heavy atom. The van der Waals surface area contributed by atoms with Crippen LogP contribution in [0.25, 0.3) is 5.57 Å². The molecule has 2 N–H and O–H groups in total. The third-order valence-electron chi connectivity index (χ3n) is 3.10. The molecular formula is C14H14O4. The number of aromatic hydroxyl groups is 1. The molecule has 0 fully saturated rings. The third-order valence-corrected chi connectivity index (χ3v) is 3.10. The van der Waals surface area contributed by atoms with Crippen LogP contribution < -0.4 is 0 Å². The Hall–Kier alpha value is -2.07. The van der Waals surface area contributed by atoms with Crippen molar-refractivity contribution in [2.45, 2.75) is 12.0 Å². The predicted octanol–water partition coefficient (Wildman–Crippen LogP) is 2.21. The molecule has 94 valence electrons. The first kappa shape index (κ1) is 12.4. The van der Waals surface area contributed by atoms with E-state index in [2.05, 4.69) is 0 Å². The molecule has 0 aliphatic heterocycles. The van der Waals surface area contributed by atoms with Gasteiger partial charge in [-0.2, -0.15) is 0 Å². The zero-order valence-electron chi connectivity index (χ0n) is 9.96. The molecule has 4 heteroatoms. The number of carboxylic acid groups (broad SMARTS) is 1. The number of phenols is 1. The molecule has 1 aliphatic carbocycles. The van der Waals surface area contributed by atoms with Gasteiger partial charge >= 0.3 is 5.97 Å². The summed E-state index contributed by atoms with van der Waals surface area (Å²) in [5, 5.41) is 18.9. The van der Waals surface area contributed by atoms with Crippen molar-refractivity contribution < 1.29 is 19.7 Å². The lowest BCUT2D eigenvalue weighted by molar-refractivity contribution is -0.156. The van der Waals surface area contributed by atoms with Crippen LogP contribution >= 0.6 is 0 Å². The highest BCUT2D eigenvalue weighted by atomic mass is 16.5. The van der Waals surface area contributed by atoms with Crippen LogP contribution in [0.1, 0.15) is 12.0 Å². The van der Waals surface area contributed by atoms with E-state index in [4.69, 9.17) is 9.84 Å². The Kier molecular flexibility index (Phi) is 3.21. The van der Waals surface area contributed by atoms with Gasteiger partial charge in [0.15, 0.2) is 5.60 Å². The minimum absolute atomic E-state index is 0.175. The highest BCUT2D eigenvalue weighted by Gasteiger charge is 2.36. The molecule has 0 aromatic heterocycles. The second-order valence-electron chi connectivity index (χ2n) is 4.11. The van der Waals surface area contributed by atoms with Gasteiger partial charge in [-0.3, -0.25) is 0 Å². The number of hydrogen-bond acceptors (Lipinski definition) is 3. The summed E-state index contributed by atoms with van der Waals surface area (Å²) in [4.78, 5) is 11.2. The SMILES string of the molecule is COC1(C(=O)O)C=CC(c2ccccc2O)=CC1. The Morgan fingerprint density at radius 1 is 1.39 bits per heavy atom. The number of allylic oxidation sites excluding steroid dienone is 2. The largest absolute Gasteiger partial charge is 0.507 e. The zero-order chi connectivity index (χ0) is 13.2. The molecule has 0 bridgehead atoms. The first-order chi connectivity index (χ1) is 8.59. The average Bonchev–Trinajstić information content (AvgIpc) is 2.39. The van der Waals surface area contributed by atoms with Crippen molar-refractivity contribution in [3.05, 3.63) is 48.1 Å². The number of rotatable bonds is 3. The van der Waals surface area contributed by atoms with Gasteiger partial charge in [-0.25, -0.2) is 4.79 Å². The summed E-state index contributed by atoms with van der Waals surface area (Å²) in [6, 6.07) is 6.94.